The summed E-state index contributed by atoms with van der Waals surface area (Å²) in [6.07, 6.45) is 3.81. The van der Waals surface area contributed by atoms with Gasteiger partial charge in [-0.25, -0.2) is 0 Å². The van der Waals surface area contributed by atoms with Gasteiger partial charge in [-0.15, -0.1) is 0 Å². The van der Waals surface area contributed by atoms with Crippen molar-refractivity contribution >= 4 is 0 Å². The molecule has 0 aromatic heterocycles. The van der Waals surface area contributed by atoms with Crippen LogP contribution >= 0.6 is 0 Å². The van der Waals surface area contributed by atoms with E-state index in [1.165, 1.54) is 0 Å². The largest absolute Gasteiger partial charge is 0.386 e. The second-order valence-corrected chi connectivity index (χ2v) is 9.82. The summed E-state index contributed by atoms with van der Waals surface area (Å²) in [5.74, 6) is 0. The van der Waals surface area contributed by atoms with Gasteiger partial charge in [-0.1, -0.05) is 72.8 Å². The first kappa shape index (κ1) is 24.1. The second kappa shape index (κ2) is 10.5. The minimum atomic E-state index is -0.747. The highest BCUT2D eigenvalue weighted by atomic mass is 16.6. The molecule has 2 aromatic rings. The summed E-state index contributed by atoms with van der Waals surface area (Å²) in [7, 11) is 0. The van der Waals surface area contributed by atoms with Crippen LogP contribution < -0.4 is 0 Å². The molecule has 2 unspecified atom stereocenters. The number of rotatable bonds is 9. The monoisotopic (exact) mass is 452 g/mol. The molecule has 1 saturated heterocycles. The molecule has 5 atom stereocenters. The minimum Gasteiger partial charge on any atom is -0.386 e. The lowest BCUT2D eigenvalue weighted by atomic mass is 9.86. The maximum absolute atomic E-state index is 10.8. The van der Waals surface area contributed by atoms with Crippen molar-refractivity contribution in [2.45, 2.75) is 82.4 Å². The van der Waals surface area contributed by atoms with Crippen LogP contribution in [-0.4, -0.2) is 47.3 Å². The highest BCUT2D eigenvalue weighted by Gasteiger charge is 2.54. The number of ether oxygens (including phenoxy) is 4. The summed E-state index contributed by atoms with van der Waals surface area (Å²) in [4.78, 5) is 0. The fraction of sp³-hybridized carbons (Fsp3) is 0.500. The van der Waals surface area contributed by atoms with Gasteiger partial charge in [0.15, 0.2) is 0 Å². The molecule has 0 bridgehead atoms. The smallest absolute Gasteiger partial charge is 0.111 e. The third-order valence-electron chi connectivity index (χ3n) is 6.61. The summed E-state index contributed by atoms with van der Waals surface area (Å²) >= 11 is 0. The molecule has 0 amide bonds. The molecule has 0 spiro atoms. The van der Waals surface area contributed by atoms with E-state index in [1.807, 2.05) is 54.6 Å². The molecule has 2 aliphatic heterocycles. The summed E-state index contributed by atoms with van der Waals surface area (Å²) in [6, 6.07) is 20.2. The van der Waals surface area contributed by atoms with Gasteiger partial charge in [-0.05, 0) is 38.3 Å². The van der Waals surface area contributed by atoms with Gasteiger partial charge in [-0.3, -0.25) is 0 Å². The minimum absolute atomic E-state index is 0.0942. The Hall–Kier alpha value is -2.02. The summed E-state index contributed by atoms with van der Waals surface area (Å²) in [5, 5.41) is 10.8. The molecule has 5 heteroatoms. The number of epoxide rings is 1. The van der Waals surface area contributed by atoms with Crippen LogP contribution in [0.15, 0.2) is 72.8 Å². The van der Waals surface area contributed by atoms with Crippen molar-refractivity contribution in [1.82, 2.24) is 0 Å². The molecule has 0 saturated carbocycles. The maximum Gasteiger partial charge on any atom is 0.111 e. The van der Waals surface area contributed by atoms with Crippen LogP contribution in [0.4, 0.5) is 0 Å². The van der Waals surface area contributed by atoms with E-state index in [2.05, 4.69) is 32.9 Å². The predicted molar refractivity (Wildman–Crippen MR) is 128 cm³/mol. The number of benzene rings is 2. The molecule has 1 fully saturated rings. The fourth-order valence-electron chi connectivity index (χ4n) is 4.39. The quantitative estimate of drug-likeness (QED) is 0.437. The number of aliphatic hydroxyl groups excluding tert-OH is 1. The van der Waals surface area contributed by atoms with E-state index >= 15 is 0 Å². The third kappa shape index (κ3) is 6.52. The molecule has 0 aliphatic carbocycles. The molecule has 2 aromatic carbocycles. The van der Waals surface area contributed by atoms with Crippen LogP contribution in [-0.2, 0) is 32.2 Å². The highest BCUT2D eigenvalue weighted by molar-refractivity contribution is 5.15. The van der Waals surface area contributed by atoms with E-state index in [1.54, 1.807) is 6.08 Å². The fourth-order valence-corrected chi connectivity index (χ4v) is 4.39. The summed E-state index contributed by atoms with van der Waals surface area (Å²) < 4.78 is 24.9. The van der Waals surface area contributed by atoms with E-state index in [4.69, 9.17) is 18.9 Å². The van der Waals surface area contributed by atoms with E-state index in [0.29, 0.717) is 26.1 Å². The molecular formula is C28H36O5. The lowest BCUT2D eigenvalue weighted by Gasteiger charge is -2.42. The van der Waals surface area contributed by atoms with E-state index in [-0.39, 0.29) is 24.4 Å². The summed E-state index contributed by atoms with van der Waals surface area (Å²) in [6.45, 7) is 7.54. The van der Waals surface area contributed by atoms with Crippen molar-refractivity contribution in [3.05, 3.63) is 83.9 Å². The van der Waals surface area contributed by atoms with Crippen molar-refractivity contribution in [2.24, 2.45) is 0 Å². The Balaban J connectivity index is 1.47. The van der Waals surface area contributed by atoms with Gasteiger partial charge in [0, 0.05) is 6.42 Å². The van der Waals surface area contributed by atoms with Gasteiger partial charge >= 0.3 is 0 Å². The molecular weight excluding hydrogens is 416 g/mol. The zero-order chi connectivity index (χ0) is 23.3. The first-order valence-corrected chi connectivity index (χ1v) is 11.8. The van der Waals surface area contributed by atoms with E-state index in [9.17, 15) is 5.11 Å². The third-order valence-corrected chi connectivity index (χ3v) is 6.61. The summed E-state index contributed by atoms with van der Waals surface area (Å²) in [5.41, 5.74) is 1.41. The zero-order valence-corrected chi connectivity index (χ0v) is 19.9. The van der Waals surface area contributed by atoms with Crippen LogP contribution in [0.3, 0.4) is 0 Å². The molecule has 4 rings (SSSR count). The van der Waals surface area contributed by atoms with Crippen molar-refractivity contribution in [2.75, 3.05) is 6.61 Å². The number of aliphatic hydroxyl groups is 1. The lowest BCUT2D eigenvalue weighted by molar-refractivity contribution is -0.202. The molecule has 178 valence electrons. The molecule has 2 aliphatic rings. The number of hydrogen-bond acceptors (Lipinski definition) is 5. The number of hydrogen-bond donors (Lipinski definition) is 1. The predicted octanol–water partition coefficient (Wildman–Crippen LogP) is 4.82. The van der Waals surface area contributed by atoms with Crippen molar-refractivity contribution in [3.8, 4) is 0 Å². The Bertz CT molecular complexity index is 897. The standard InChI is InChI=1S/C28H36O5/c1-27(2)26(33-27)17-28(3)25(31-19-22-13-8-5-9-14-22)16-10-15-23(29)24(32-28)20-30-18-21-11-6-4-7-12-21/h4-15,23-26,29H,16-20H2,1-3H3/b15-10-/t23?,24-,25-,26?,28+/m1/s1. The molecule has 33 heavy (non-hydrogen) atoms. The SMILES string of the molecule is CC1(C)OC1C[C@]1(C)O[C@H](COCc2ccccc2)C(O)/C=C\C[C@H]1OCc1ccccc1. The van der Waals surface area contributed by atoms with E-state index in [0.717, 1.165) is 11.1 Å². The normalized spacial score (nSPS) is 32.0. The Morgan fingerprint density at radius 3 is 2.12 bits per heavy atom. The van der Waals surface area contributed by atoms with Crippen molar-refractivity contribution in [1.29, 1.82) is 0 Å². The maximum atomic E-state index is 10.8. The highest BCUT2D eigenvalue weighted by Crippen LogP contribution is 2.44. The van der Waals surface area contributed by atoms with Gasteiger partial charge < -0.3 is 24.1 Å². The Morgan fingerprint density at radius 1 is 0.909 bits per heavy atom. The van der Waals surface area contributed by atoms with Crippen LogP contribution in [0.25, 0.3) is 0 Å². The van der Waals surface area contributed by atoms with Crippen molar-refractivity contribution in [3.63, 3.8) is 0 Å². The molecule has 2 heterocycles. The van der Waals surface area contributed by atoms with E-state index < -0.39 is 17.8 Å². The van der Waals surface area contributed by atoms with Crippen LogP contribution in [0, 0.1) is 0 Å². The Morgan fingerprint density at radius 2 is 1.52 bits per heavy atom. The zero-order valence-electron chi connectivity index (χ0n) is 19.9. The topological polar surface area (TPSA) is 60.5 Å². The Labute approximate surface area is 197 Å². The van der Waals surface area contributed by atoms with Gasteiger partial charge in [0.25, 0.3) is 0 Å². The lowest BCUT2D eigenvalue weighted by Crippen LogP contribution is -2.51. The van der Waals surface area contributed by atoms with Crippen LogP contribution in [0.2, 0.25) is 0 Å². The molecule has 1 N–H and O–H groups in total. The first-order chi connectivity index (χ1) is 15.9. The second-order valence-electron chi connectivity index (χ2n) is 9.82. The van der Waals surface area contributed by atoms with Gasteiger partial charge in [0.1, 0.15) is 12.2 Å². The molecule has 0 radical (unpaired) electrons. The van der Waals surface area contributed by atoms with Gasteiger partial charge in [-0.2, -0.15) is 0 Å². The van der Waals surface area contributed by atoms with Crippen LogP contribution in [0.5, 0.6) is 0 Å². The van der Waals surface area contributed by atoms with Crippen LogP contribution in [0.1, 0.15) is 44.7 Å². The first-order valence-electron chi connectivity index (χ1n) is 11.8. The van der Waals surface area contributed by atoms with Gasteiger partial charge in [0.05, 0.1) is 43.2 Å². The average molecular weight is 453 g/mol. The van der Waals surface area contributed by atoms with Gasteiger partial charge in [0.2, 0.25) is 0 Å². The van der Waals surface area contributed by atoms with Crippen molar-refractivity contribution < 1.29 is 24.1 Å². The average Bonchev–Trinajstić information content (AvgIpc) is 3.40. The Kier molecular flexibility index (Phi) is 7.67. The molecule has 5 nitrogen and oxygen atoms in total.